The van der Waals surface area contributed by atoms with Gasteiger partial charge in [-0.3, -0.25) is 19.9 Å². The summed E-state index contributed by atoms with van der Waals surface area (Å²) in [6.45, 7) is 1.90. The topological polar surface area (TPSA) is 91.0 Å². The van der Waals surface area contributed by atoms with Gasteiger partial charge in [0.15, 0.2) is 0 Å². The highest BCUT2D eigenvalue weighted by molar-refractivity contribution is 6.35. The zero-order chi connectivity index (χ0) is 22.8. The number of imide groups is 1. The van der Waals surface area contributed by atoms with E-state index in [1.54, 1.807) is 61.3 Å². The van der Waals surface area contributed by atoms with Crippen LogP contribution in [-0.4, -0.2) is 48.5 Å². The van der Waals surface area contributed by atoms with E-state index in [0.29, 0.717) is 32.9 Å². The molecule has 1 saturated heterocycles. The highest BCUT2D eigenvalue weighted by atomic mass is 35.5. The summed E-state index contributed by atoms with van der Waals surface area (Å²) in [6, 6.07) is 11.2. The van der Waals surface area contributed by atoms with Gasteiger partial charge in [0.05, 0.1) is 13.7 Å². The summed E-state index contributed by atoms with van der Waals surface area (Å²) in [5.41, 5.74) is 2.43. The number of likely N-dealkylation sites (N-methyl/N-ethyl adjacent to an activating group) is 1. The molecule has 0 aliphatic carbocycles. The van der Waals surface area contributed by atoms with Crippen LogP contribution in [0.25, 0.3) is 0 Å². The van der Waals surface area contributed by atoms with Crippen molar-refractivity contribution < 1.29 is 19.1 Å². The van der Waals surface area contributed by atoms with Gasteiger partial charge < -0.3 is 10.1 Å². The van der Waals surface area contributed by atoms with E-state index < -0.39 is 23.4 Å². The molecule has 1 aliphatic rings. The van der Waals surface area contributed by atoms with E-state index in [-0.39, 0.29) is 6.54 Å². The normalized spacial score (nSPS) is 18.3. The van der Waals surface area contributed by atoms with E-state index in [1.165, 1.54) is 7.11 Å². The van der Waals surface area contributed by atoms with Crippen molar-refractivity contribution in [2.24, 2.45) is 0 Å². The van der Waals surface area contributed by atoms with Crippen LogP contribution in [0.5, 0.6) is 5.75 Å². The molecule has 0 bridgehead atoms. The molecule has 0 saturated carbocycles. The summed E-state index contributed by atoms with van der Waals surface area (Å²) in [5, 5.41) is 4.35. The smallest absolute Gasteiger partial charge is 0.344 e. The summed E-state index contributed by atoms with van der Waals surface area (Å²) in [7, 11) is 3.26. The van der Waals surface area contributed by atoms with Gasteiger partial charge in [0.2, 0.25) is 0 Å². The molecule has 0 spiro atoms. The van der Waals surface area contributed by atoms with Crippen LogP contribution < -0.4 is 15.5 Å². The lowest BCUT2D eigenvalue weighted by molar-refractivity contribution is -0.139. The predicted molar refractivity (Wildman–Crippen MR) is 117 cm³/mol. The quantitative estimate of drug-likeness (QED) is 0.614. The molecule has 10 heteroatoms. The fraction of sp³-hybridized carbons (Fsp3) is 0.286. The number of urea groups is 1. The number of benzene rings is 2. The van der Waals surface area contributed by atoms with Crippen LogP contribution >= 0.6 is 23.2 Å². The predicted octanol–water partition coefficient (Wildman–Crippen LogP) is 2.93. The van der Waals surface area contributed by atoms with Crippen LogP contribution in [-0.2, 0) is 21.7 Å². The van der Waals surface area contributed by atoms with Crippen LogP contribution in [0, 0.1) is 0 Å². The lowest BCUT2D eigenvalue weighted by atomic mass is 9.92. The Kier molecular flexibility index (Phi) is 6.74. The average Bonchev–Trinajstić information content (AvgIpc) is 2.94. The number of hydrazine groups is 1. The van der Waals surface area contributed by atoms with Gasteiger partial charge in [-0.15, -0.1) is 0 Å². The molecule has 1 aliphatic heterocycles. The number of rotatable bonds is 7. The minimum absolute atomic E-state index is 0.0603. The van der Waals surface area contributed by atoms with Crippen molar-refractivity contribution in [3.8, 4) is 5.75 Å². The maximum atomic E-state index is 12.9. The zero-order valence-corrected chi connectivity index (χ0v) is 18.8. The molecule has 4 amide bonds. The minimum atomic E-state index is -1.31. The van der Waals surface area contributed by atoms with Crippen molar-refractivity contribution in [3.63, 3.8) is 0 Å². The maximum Gasteiger partial charge on any atom is 0.344 e. The second-order valence-electron chi connectivity index (χ2n) is 7.37. The molecule has 164 valence electrons. The Morgan fingerprint density at radius 2 is 1.87 bits per heavy atom. The second-order valence-corrected chi connectivity index (χ2v) is 8.21. The number of hydrogen-bond acceptors (Lipinski definition) is 5. The van der Waals surface area contributed by atoms with Gasteiger partial charge in [0.25, 0.3) is 11.8 Å². The molecule has 31 heavy (non-hydrogen) atoms. The van der Waals surface area contributed by atoms with E-state index >= 15 is 0 Å². The number of carbonyl (C=O) groups excluding carboxylic acids is 3. The Morgan fingerprint density at radius 3 is 2.48 bits per heavy atom. The third kappa shape index (κ3) is 4.92. The first kappa shape index (κ1) is 22.9. The Hall–Kier alpha value is -2.81. The number of hydrogen-bond donors (Lipinski definition) is 2. The largest absolute Gasteiger partial charge is 0.497 e. The monoisotopic (exact) mass is 464 g/mol. The third-order valence-electron chi connectivity index (χ3n) is 4.96. The lowest BCUT2D eigenvalue weighted by Crippen LogP contribution is -2.50. The molecule has 2 aromatic rings. The number of nitrogens with one attached hydrogen (secondary N) is 2. The summed E-state index contributed by atoms with van der Waals surface area (Å²) >= 11 is 12.1. The molecule has 0 aromatic heterocycles. The summed E-state index contributed by atoms with van der Waals surface area (Å²) in [6.07, 6.45) is 0. The third-order valence-corrected chi connectivity index (χ3v) is 5.55. The van der Waals surface area contributed by atoms with Crippen molar-refractivity contribution in [3.05, 3.63) is 63.6 Å². The molecule has 3 rings (SSSR count). The SMILES string of the molecule is COc1ccc(C2(C)NC(=O)N(NC(=O)CN(C)Cc3ccc(Cl)cc3Cl)C2=O)cc1. The fourth-order valence-corrected chi connectivity index (χ4v) is 3.73. The number of methoxy groups -OCH3 is 1. The Morgan fingerprint density at radius 1 is 1.19 bits per heavy atom. The van der Waals surface area contributed by atoms with E-state index in [1.807, 2.05) is 0 Å². The minimum Gasteiger partial charge on any atom is -0.497 e. The molecule has 1 atom stereocenters. The number of nitrogens with zero attached hydrogens (tertiary/aromatic N) is 2. The Balaban J connectivity index is 1.64. The van der Waals surface area contributed by atoms with E-state index in [9.17, 15) is 14.4 Å². The number of amides is 4. The lowest BCUT2D eigenvalue weighted by Gasteiger charge is -2.23. The molecule has 2 N–H and O–H groups in total. The number of halogens is 2. The van der Waals surface area contributed by atoms with Crippen molar-refractivity contribution in [2.75, 3.05) is 20.7 Å². The first-order chi connectivity index (χ1) is 14.6. The maximum absolute atomic E-state index is 12.9. The zero-order valence-electron chi connectivity index (χ0n) is 17.2. The van der Waals surface area contributed by atoms with E-state index in [0.717, 1.165) is 5.56 Å². The molecule has 8 nitrogen and oxygen atoms in total. The Bertz CT molecular complexity index is 1010. The van der Waals surface area contributed by atoms with Gasteiger partial charge in [-0.2, -0.15) is 5.01 Å². The summed E-state index contributed by atoms with van der Waals surface area (Å²) in [4.78, 5) is 39.5. The van der Waals surface area contributed by atoms with E-state index in [2.05, 4.69) is 10.7 Å². The molecule has 0 radical (unpaired) electrons. The Labute approximate surface area is 190 Å². The standard InChI is InChI=1S/C21H22Cl2N4O4/c1-21(14-5-8-16(31-3)9-6-14)19(29)27(20(30)24-21)25-18(28)12-26(2)11-13-4-7-15(22)10-17(13)23/h4-10H,11-12H2,1-3H3,(H,24,30)(H,25,28). The highest BCUT2D eigenvalue weighted by Gasteiger charge is 2.50. The fourth-order valence-electron chi connectivity index (χ4n) is 3.26. The van der Waals surface area contributed by atoms with Crippen LogP contribution in [0.3, 0.4) is 0 Å². The van der Waals surface area contributed by atoms with Gasteiger partial charge in [-0.1, -0.05) is 41.4 Å². The van der Waals surface area contributed by atoms with Gasteiger partial charge in [-0.25, -0.2) is 4.79 Å². The van der Waals surface area contributed by atoms with Gasteiger partial charge in [-0.05, 0) is 49.4 Å². The summed E-state index contributed by atoms with van der Waals surface area (Å²) < 4.78 is 5.12. The van der Waals surface area contributed by atoms with Crippen molar-refractivity contribution >= 4 is 41.0 Å². The van der Waals surface area contributed by atoms with Gasteiger partial charge in [0, 0.05) is 16.6 Å². The molecular formula is C21H22Cl2N4O4. The van der Waals surface area contributed by atoms with Crippen LogP contribution in [0.1, 0.15) is 18.1 Å². The molecule has 2 aromatic carbocycles. The van der Waals surface area contributed by atoms with Crippen LogP contribution in [0.4, 0.5) is 4.79 Å². The van der Waals surface area contributed by atoms with Gasteiger partial charge in [0.1, 0.15) is 11.3 Å². The first-order valence-electron chi connectivity index (χ1n) is 9.37. The first-order valence-corrected chi connectivity index (χ1v) is 10.1. The average molecular weight is 465 g/mol. The van der Waals surface area contributed by atoms with Crippen molar-refractivity contribution in [1.29, 1.82) is 0 Å². The molecule has 1 unspecified atom stereocenters. The number of carbonyl (C=O) groups is 3. The molecular weight excluding hydrogens is 443 g/mol. The van der Waals surface area contributed by atoms with Crippen molar-refractivity contribution in [1.82, 2.24) is 20.7 Å². The molecule has 1 heterocycles. The molecule has 1 fully saturated rings. The van der Waals surface area contributed by atoms with Gasteiger partial charge >= 0.3 is 6.03 Å². The van der Waals surface area contributed by atoms with Crippen molar-refractivity contribution in [2.45, 2.75) is 19.0 Å². The van der Waals surface area contributed by atoms with Crippen LogP contribution in [0.2, 0.25) is 10.0 Å². The highest BCUT2D eigenvalue weighted by Crippen LogP contribution is 2.29. The van der Waals surface area contributed by atoms with Crippen LogP contribution in [0.15, 0.2) is 42.5 Å². The number of ether oxygens (including phenoxy) is 1. The second kappa shape index (κ2) is 9.13. The van der Waals surface area contributed by atoms with E-state index in [4.69, 9.17) is 27.9 Å². The summed E-state index contributed by atoms with van der Waals surface area (Å²) in [5.74, 6) is -0.479.